The van der Waals surface area contributed by atoms with E-state index in [1.807, 2.05) is 18.3 Å². The van der Waals surface area contributed by atoms with Crippen molar-refractivity contribution in [2.75, 3.05) is 5.32 Å². The van der Waals surface area contributed by atoms with Gasteiger partial charge in [-0.3, -0.25) is 15.2 Å². The highest BCUT2D eigenvalue weighted by molar-refractivity contribution is 7.19. The van der Waals surface area contributed by atoms with E-state index in [-0.39, 0.29) is 30.0 Å². The van der Waals surface area contributed by atoms with E-state index < -0.39 is 0 Å². The third-order valence-electron chi connectivity index (χ3n) is 6.88. The molecule has 0 aromatic carbocycles. The lowest BCUT2D eigenvalue weighted by Gasteiger charge is -2.33. The number of nitrogens with two attached hydrogens (primary N) is 1. The first-order valence-electron chi connectivity index (χ1n) is 11.0. The fourth-order valence-corrected chi connectivity index (χ4v) is 6.65. The Kier molecular flexibility index (Phi) is 4.62. The number of aryl methyl sites for hydroxylation is 2. The lowest BCUT2D eigenvalue weighted by Crippen LogP contribution is -2.44. The second kappa shape index (κ2) is 7.51. The number of hydrogen-bond acceptors (Lipinski definition) is 8. The van der Waals surface area contributed by atoms with Crippen LogP contribution in [0.1, 0.15) is 36.1 Å². The maximum absolute atomic E-state index is 11.9. The number of nitrogens with zero attached hydrogens (tertiary/aromatic N) is 3. The molecule has 3 aromatic heterocycles. The molecule has 2 fully saturated rings. The third kappa shape index (κ3) is 3.28. The van der Waals surface area contributed by atoms with Crippen LogP contribution < -0.4 is 21.9 Å². The average molecular weight is 436 g/mol. The van der Waals surface area contributed by atoms with Gasteiger partial charge >= 0.3 is 0 Å². The third-order valence-corrected chi connectivity index (χ3v) is 8.07. The summed E-state index contributed by atoms with van der Waals surface area (Å²) in [6, 6.07) is 4.11. The zero-order chi connectivity index (χ0) is 20.9. The molecule has 2 aliphatic carbocycles. The van der Waals surface area contributed by atoms with Gasteiger partial charge in [0.1, 0.15) is 16.7 Å². The zero-order valence-electron chi connectivity index (χ0n) is 17.1. The molecule has 3 aliphatic rings. The van der Waals surface area contributed by atoms with Gasteiger partial charge in [0.2, 0.25) is 5.91 Å². The monoisotopic (exact) mass is 435 g/mol. The number of aromatic nitrogens is 3. The molecule has 4 atom stereocenters. The minimum absolute atomic E-state index is 0.187. The lowest BCUT2D eigenvalue weighted by atomic mass is 9.79. The van der Waals surface area contributed by atoms with Crippen LogP contribution in [-0.2, 0) is 17.6 Å². The van der Waals surface area contributed by atoms with Crippen molar-refractivity contribution in [2.24, 2.45) is 11.7 Å². The topological polar surface area (TPSA) is 118 Å². The molecule has 9 heteroatoms. The van der Waals surface area contributed by atoms with Crippen molar-refractivity contribution in [3.63, 3.8) is 0 Å². The number of carbonyl (C=O) groups excluding carboxylic acids is 1. The number of primary amides is 1. The highest BCUT2D eigenvalue weighted by Gasteiger charge is 2.43. The van der Waals surface area contributed by atoms with Gasteiger partial charge in [-0.2, -0.15) is 0 Å². The van der Waals surface area contributed by atoms with Crippen LogP contribution in [0.5, 0.6) is 0 Å². The van der Waals surface area contributed by atoms with Crippen LogP contribution in [0.25, 0.3) is 21.6 Å². The van der Waals surface area contributed by atoms with Crippen LogP contribution in [0, 0.1) is 5.92 Å². The smallest absolute Gasteiger partial charge is 0.236 e. The lowest BCUT2D eigenvalue weighted by molar-refractivity contribution is -0.120. The van der Waals surface area contributed by atoms with Crippen LogP contribution in [0.3, 0.4) is 0 Å². The summed E-state index contributed by atoms with van der Waals surface area (Å²) in [5, 5.41) is 4.93. The molecule has 3 aromatic rings. The summed E-state index contributed by atoms with van der Waals surface area (Å²) in [4.78, 5) is 28.5. The molecule has 0 spiro atoms. The van der Waals surface area contributed by atoms with Crippen LogP contribution in [0.15, 0.2) is 24.5 Å². The van der Waals surface area contributed by atoms with Crippen molar-refractivity contribution in [3.8, 4) is 11.4 Å². The Morgan fingerprint density at radius 1 is 1.23 bits per heavy atom. The van der Waals surface area contributed by atoms with E-state index >= 15 is 0 Å². The second-order valence-electron chi connectivity index (χ2n) is 8.77. The molecule has 1 saturated heterocycles. The summed E-state index contributed by atoms with van der Waals surface area (Å²) in [5.41, 5.74) is 14.3. The maximum atomic E-state index is 11.9. The molecule has 1 saturated carbocycles. The molecule has 1 aliphatic heterocycles. The number of nitrogens with one attached hydrogen (secondary N) is 3. The van der Waals surface area contributed by atoms with Crippen molar-refractivity contribution >= 4 is 33.3 Å². The van der Waals surface area contributed by atoms with Crippen molar-refractivity contribution in [1.29, 1.82) is 0 Å². The Labute approximate surface area is 184 Å². The van der Waals surface area contributed by atoms with Crippen LogP contribution >= 0.6 is 11.3 Å². The number of thiophene rings is 1. The van der Waals surface area contributed by atoms with E-state index in [0.717, 1.165) is 48.3 Å². The molecule has 6 rings (SSSR count). The second-order valence-corrected chi connectivity index (χ2v) is 9.85. The van der Waals surface area contributed by atoms with E-state index in [4.69, 9.17) is 15.7 Å². The predicted octanol–water partition coefficient (Wildman–Crippen LogP) is 2.15. The first-order chi connectivity index (χ1) is 15.2. The summed E-state index contributed by atoms with van der Waals surface area (Å²) in [6.45, 7) is 0. The molecular formula is C22H25N7OS. The van der Waals surface area contributed by atoms with Crippen LogP contribution in [-0.4, -0.2) is 39.0 Å². The van der Waals surface area contributed by atoms with Crippen molar-refractivity contribution in [2.45, 2.75) is 56.7 Å². The average Bonchev–Trinajstić information content (AvgIpc) is 3.48. The number of carbonyl (C=O) groups is 1. The van der Waals surface area contributed by atoms with Crippen LogP contribution in [0.4, 0.5) is 5.82 Å². The minimum Gasteiger partial charge on any atom is -0.368 e. The fraction of sp³-hybridized carbons (Fsp3) is 0.455. The van der Waals surface area contributed by atoms with Crippen molar-refractivity contribution in [1.82, 2.24) is 25.8 Å². The molecule has 160 valence electrons. The quantitative estimate of drug-likeness (QED) is 0.496. The first kappa shape index (κ1) is 19.1. The van der Waals surface area contributed by atoms with Gasteiger partial charge in [0.25, 0.3) is 0 Å². The van der Waals surface area contributed by atoms with Crippen LogP contribution in [0.2, 0.25) is 0 Å². The molecule has 4 unspecified atom stereocenters. The summed E-state index contributed by atoms with van der Waals surface area (Å²) in [7, 11) is 0. The van der Waals surface area contributed by atoms with Crippen molar-refractivity contribution in [3.05, 3.63) is 35.0 Å². The van der Waals surface area contributed by atoms with E-state index in [1.165, 1.54) is 22.2 Å². The SMILES string of the molecule is NC(=O)C1NNC2CCC(Nc3nc(-c4cccnc4)nc4sc5c(c34)CCC5)CC21. The van der Waals surface area contributed by atoms with Gasteiger partial charge in [-0.05, 0) is 56.2 Å². The zero-order valence-corrected chi connectivity index (χ0v) is 17.9. The van der Waals surface area contributed by atoms with Gasteiger partial charge in [-0.15, -0.1) is 11.3 Å². The van der Waals surface area contributed by atoms with Gasteiger partial charge in [-0.25, -0.2) is 15.4 Å². The highest BCUT2D eigenvalue weighted by Crippen LogP contribution is 2.41. The van der Waals surface area contributed by atoms with Gasteiger partial charge in [-0.1, -0.05) is 0 Å². The normalized spacial score (nSPS) is 27.2. The first-order valence-corrected chi connectivity index (χ1v) is 11.8. The number of fused-ring (bicyclic) bond motifs is 4. The summed E-state index contributed by atoms with van der Waals surface area (Å²) in [6.07, 6.45) is 9.87. The van der Waals surface area contributed by atoms with Gasteiger partial charge < -0.3 is 11.1 Å². The number of rotatable bonds is 4. The van der Waals surface area contributed by atoms with E-state index in [2.05, 4.69) is 21.2 Å². The standard InChI is InChI=1S/C22H25N7OS/c23-19(30)18-14-9-12(6-7-15(14)28-29-18)25-21-17-13-4-1-5-16(13)31-22(17)27-20(26-21)11-3-2-8-24-10-11/h2-3,8,10,12,14-15,18,28-29H,1,4-7,9H2,(H2,23,30)(H,25,26,27). The van der Waals surface area contributed by atoms with E-state index in [0.29, 0.717) is 5.82 Å². The predicted molar refractivity (Wildman–Crippen MR) is 120 cm³/mol. The molecular weight excluding hydrogens is 410 g/mol. The maximum Gasteiger partial charge on any atom is 0.236 e. The Morgan fingerprint density at radius 3 is 3.00 bits per heavy atom. The van der Waals surface area contributed by atoms with Gasteiger partial charge in [0.05, 0.1) is 5.39 Å². The molecule has 31 heavy (non-hydrogen) atoms. The Morgan fingerprint density at radius 2 is 2.16 bits per heavy atom. The molecule has 0 bridgehead atoms. The Balaban J connectivity index is 1.37. The summed E-state index contributed by atoms with van der Waals surface area (Å²) < 4.78 is 0. The fourth-order valence-electron chi connectivity index (χ4n) is 5.39. The molecule has 8 nitrogen and oxygen atoms in total. The van der Waals surface area contributed by atoms with Crippen molar-refractivity contribution < 1.29 is 4.79 Å². The Bertz CT molecular complexity index is 1150. The minimum atomic E-state index is -0.323. The number of pyridine rings is 1. The summed E-state index contributed by atoms with van der Waals surface area (Å²) in [5.74, 6) is 1.52. The van der Waals surface area contributed by atoms with Gasteiger partial charge in [0.15, 0.2) is 5.82 Å². The number of hydrogen-bond donors (Lipinski definition) is 4. The molecule has 5 N–H and O–H groups in total. The number of anilines is 1. The van der Waals surface area contributed by atoms with E-state index in [1.54, 1.807) is 17.5 Å². The molecule has 1 amide bonds. The van der Waals surface area contributed by atoms with Gasteiger partial charge in [0, 0.05) is 40.8 Å². The van der Waals surface area contributed by atoms with E-state index in [9.17, 15) is 4.79 Å². The number of amides is 1. The largest absolute Gasteiger partial charge is 0.368 e. The Hall–Kier alpha value is -2.62. The summed E-state index contributed by atoms with van der Waals surface area (Å²) >= 11 is 1.80. The number of hydrazine groups is 1. The highest BCUT2D eigenvalue weighted by atomic mass is 32.1. The molecule has 4 heterocycles. The molecule has 0 radical (unpaired) electrons.